The highest BCUT2D eigenvalue weighted by atomic mass is 32.2. The molecule has 0 atom stereocenters. The maximum atomic E-state index is 12.3. The van der Waals surface area contributed by atoms with Crippen molar-refractivity contribution in [2.75, 3.05) is 18.4 Å². The summed E-state index contributed by atoms with van der Waals surface area (Å²) in [6, 6.07) is 6.90. The molecule has 10 heteroatoms. The number of thiazole rings is 2. The van der Waals surface area contributed by atoms with Gasteiger partial charge < -0.3 is 10.6 Å². The van der Waals surface area contributed by atoms with Crippen LogP contribution >= 0.6 is 22.7 Å². The summed E-state index contributed by atoms with van der Waals surface area (Å²) in [6.45, 7) is 5.10. The highest BCUT2D eigenvalue weighted by molar-refractivity contribution is 7.92. The minimum atomic E-state index is -3.27. The number of hydrogen-bond acceptors (Lipinski definition) is 9. The number of sulfone groups is 1. The Hall–Kier alpha value is -2.30. The number of hydrogen-bond donors (Lipinski definition) is 2. The van der Waals surface area contributed by atoms with E-state index in [2.05, 4.69) is 25.6 Å². The zero-order valence-electron chi connectivity index (χ0n) is 16.0. The molecular formula is C19H21N5O2S3. The summed E-state index contributed by atoms with van der Waals surface area (Å²) in [7, 11) is -3.27. The Morgan fingerprint density at radius 3 is 2.48 bits per heavy atom. The Morgan fingerprint density at radius 1 is 1.07 bits per heavy atom. The molecule has 152 valence electrons. The first kappa shape index (κ1) is 20.0. The third kappa shape index (κ3) is 4.34. The molecule has 2 N–H and O–H groups in total. The third-order valence-electron chi connectivity index (χ3n) is 4.44. The van der Waals surface area contributed by atoms with Crippen LogP contribution < -0.4 is 10.6 Å². The van der Waals surface area contributed by atoms with E-state index in [1.165, 1.54) is 22.7 Å². The second-order valence-electron chi connectivity index (χ2n) is 6.83. The normalized spacial score (nSPS) is 14.5. The summed E-state index contributed by atoms with van der Waals surface area (Å²) in [5, 5.41) is 11.5. The van der Waals surface area contributed by atoms with Gasteiger partial charge in [0.25, 0.3) is 0 Å². The van der Waals surface area contributed by atoms with Gasteiger partial charge in [0.2, 0.25) is 0 Å². The number of rotatable bonds is 5. The van der Waals surface area contributed by atoms with E-state index in [1.54, 1.807) is 38.1 Å². The first-order valence-electron chi connectivity index (χ1n) is 9.24. The average Bonchev–Trinajstić information content (AvgIpc) is 3.38. The highest BCUT2D eigenvalue weighted by Gasteiger charge is 2.19. The smallest absolute Gasteiger partial charge is 0.197 e. The highest BCUT2D eigenvalue weighted by Crippen LogP contribution is 2.31. The van der Waals surface area contributed by atoms with Crippen LogP contribution in [0.25, 0.3) is 22.0 Å². The number of anilines is 1. The predicted molar refractivity (Wildman–Crippen MR) is 120 cm³/mol. The van der Waals surface area contributed by atoms with Gasteiger partial charge in [-0.3, -0.25) is 4.99 Å². The molecule has 0 bridgehead atoms. The molecule has 0 saturated carbocycles. The Labute approximate surface area is 177 Å². The van der Waals surface area contributed by atoms with Gasteiger partial charge in [-0.2, -0.15) is 0 Å². The van der Waals surface area contributed by atoms with Crippen LogP contribution in [-0.2, 0) is 9.84 Å². The van der Waals surface area contributed by atoms with E-state index in [0.717, 1.165) is 52.6 Å². The molecule has 0 saturated heterocycles. The van der Waals surface area contributed by atoms with Gasteiger partial charge in [0.1, 0.15) is 16.4 Å². The zero-order chi connectivity index (χ0) is 20.4. The molecule has 3 aromatic rings. The van der Waals surface area contributed by atoms with E-state index in [0.29, 0.717) is 4.90 Å². The first-order valence-corrected chi connectivity index (χ1v) is 12.5. The topological polar surface area (TPSA) is 96.3 Å². The van der Waals surface area contributed by atoms with Crippen LogP contribution in [0.1, 0.15) is 20.3 Å². The van der Waals surface area contributed by atoms with E-state index >= 15 is 0 Å². The quantitative estimate of drug-likeness (QED) is 0.616. The van der Waals surface area contributed by atoms with Crippen molar-refractivity contribution in [2.45, 2.75) is 30.4 Å². The molecule has 1 aromatic carbocycles. The molecule has 29 heavy (non-hydrogen) atoms. The summed E-state index contributed by atoms with van der Waals surface area (Å²) in [5.74, 6) is 0.757. The number of nitrogens with one attached hydrogen (secondary N) is 2. The third-order valence-corrected chi connectivity index (χ3v) is 8.26. The van der Waals surface area contributed by atoms with Gasteiger partial charge >= 0.3 is 0 Å². The van der Waals surface area contributed by atoms with Gasteiger partial charge in [-0.1, -0.05) is 12.1 Å². The van der Waals surface area contributed by atoms with E-state index in [-0.39, 0.29) is 0 Å². The fourth-order valence-electron chi connectivity index (χ4n) is 2.75. The lowest BCUT2D eigenvalue weighted by Crippen LogP contribution is -2.35. The maximum absolute atomic E-state index is 12.3. The van der Waals surface area contributed by atoms with E-state index < -0.39 is 15.1 Å². The summed E-state index contributed by atoms with van der Waals surface area (Å²) in [5.41, 5.74) is 2.49. The Balaban J connectivity index is 1.51. The molecule has 1 aliphatic rings. The molecular weight excluding hydrogens is 426 g/mol. The van der Waals surface area contributed by atoms with Gasteiger partial charge in [-0.25, -0.2) is 18.4 Å². The van der Waals surface area contributed by atoms with E-state index in [4.69, 9.17) is 0 Å². The van der Waals surface area contributed by atoms with Gasteiger partial charge in [-0.05, 0) is 32.4 Å². The standard InChI is InChI=1S/C19H21N5O2S3/c1-12(2)29(25,26)14-6-4-13(5-7-14)17-22-15(10-27-17)16-11-28-19(23-16)24-18-20-8-3-9-21-18/h4-7,10-12H,3,8-9H2,1-2H3,(H2,20,21,23,24). The zero-order valence-corrected chi connectivity index (χ0v) is 18.5. The summed E-state index contributed by atoms with van der Waals surface area (Å²) in [4.78, 5) is 14.0. The van der Waals surface area contributed by atoms with Crippen molar-refractivity contribution in [3.05, 3.63) is 35.0 Å². The van der Waals surface area contributed by atoms with Crippen LogP contribution in [0.4, 0.5) is 5.13 Å². The molecule has 1 aliphatic heterocycles. The first-order chi connectivity index (χ1) is 13.9. The van der Waals surface area contributed by atoms with Crippen molar-refractivity contribution in [1.29, 1.82) is 0 Å². The fraction of sp³-hybridized carbons (Fsp3) is 0.316. The Morgan fingerprint density at radius 2 is 1.79 bits per heavy atom. The molecule has 0 radical (unpaired) electrons. The van der Waals surface area contributed by atoms with Crippen LogP contribution in [0.2, 0.25) is 0 Å². The molecule has 7 nitrogen and oxygen atoms in total. The molecule has 0 amide bonds. The number of aromatic nitrogens is 2. The SMILES string of the molecule is CC(C)S(=O)(=O)c1ccc(-c2nc(-c3csc(NC4=NCCCN4)n3)cs2)cc1. The van der Waals surface area contributed by atoms with Crippen LogP contribution in [0.3, 0.4) is 0 Å². The molecule has 0 fully saturated rings. The van der Waals surface area contributed by atoms with Crippen LogP contribution in [0.15, 0.2) is 44.9 Å². The van der Waals surface area contributed by atoms with Crippen molar-refractivity contribution < 1.29 is 8.42 Å². The lowest BCUT2D eigenvalue weighted by molar-refractivity contribution is 0.587. The maximum Gasteiger partial charge on any atom is 0.197 e. The minimum Gasteiger partial charge on any atom is -0.356 e. The van der Waals surface area contributed by atoms with Gasteiger partial charge in [0, 0.05) is 29.4 Å². The van der Waals surface area contributed by atoms with Gasteiger partial charge in [0.15, 0.2) is 20.9 Å². The van der Waals surface area contributed by atoms with E-state index in [9.17, 15) is 8.42 Å². The lowest BCUT2D eigenvalue weighted by atomic mass is 10.2. The van der Waals surface area contributed by atoms with Crippen molar-refractivity contribution >= 4 is 43.6 Å². The summed E-state index contributed by atoms with van der Waals surface area (Å²) >= 11 is 3.01. The van der Waals surface area contributed by atoms with Crippen molar-refractivity contribution in [3.63, 3.8) is 0 Å². The molecule has 4 rings (SSSR count). The van der Waals surface area contributed by atoms with E-state index in [1.807, 2.05) is 10.8 Å². The summed E-state index contributed by atoms with van der Waals surface area (Å²) < 4.78 is 24.6. The fourth-order valence-corrected chi connectivity index (χ4v) is 5.33. The molecule has 0 unspecified atom stereocenters. The Bertz CT molecular complexity index is 1130. The van der Waals surface area contributed by atoms with Gasteiger partial charge in [-0.15, -0.1) is 22.7 Å². The number of aliphatic imine (C=N–C) groups is 1. The number of guanidine groups is 1. The van der Waals surface area contributed by atoms with Crippen LogP contribution in [0, 0.1) is 0 Å². The van der Waals surface area contributed by atoms with Gasteiger partial charge in [0.05, 0.1) is 10.1 Å². The minimum absolute atomic E-state index is 0.336. The second-order valence-corrected chi connectivity index (χ2v) is 11.1. The molecule has 0 spiro atoms. The average molecular weight is 448 g/mol. The summed E-state index contributed by atoms with van der Waals surface area (Å²) in [6.07, 6.45) is 1.04. The number of benzene rings is 1. The Kier molecular flexibility index (Phi) is 5.66. The predicted octanol–water partition coefficient (Wildman–Crippen LogP) is 3.88. The van der Waals surface area contributed by atoms with Crippen molar-refractivity contribution in [1.82, 2.24) is 15.3 Å². The van der Waals surface area contributed by atoms with Crippen LogP contribution in [0.5, 0.6) is 0 Å². The lowest BCUT2D eigenvalue weighted by Gasteiger charge is -2.13. The molecule has 3 heterocycles. The van der Waals surface area contributed by atoms with Crippen molar-refractivity contribution in [3.8, 4) is 22.0 Å². The monoisotopic (exact) mass is 447 g/mol. The largest absolute Gasteiger partial charge is 0.356 e. The van der Waals surface area contributed by atoms with Crippen LogP contribution in [-0.4, -0.2) is 42.7 Å². The number of nitrogens with zero attached hydrogens (tertiary/aromatic N) is 3. The second kappa shape index (κ2) is 8.21. The molecule has 0 aliphatic carbocycles. The molecule has 2 aromatic heterocycles. The van der Waals surface area contributed by atoms with Crippen molar-refractivity contribution in [2.24, 2.45) is 4.99 Å².